The first kappa shape index (κ1) is 27.7. The summed E-state index contributed by atoms with van der Waals surface area (Å²) in [4.78, 5) is 30.2. The predicted molar refractivity (Wildman–Crippen MR) is 155 cm³/mol. The lowest BCUT2D eigenvalue weighted by Crippen LogP contribution is -2.26. The van der Waals surface area contributed by atoms with Crippen LogP contribution in [0.25, 0.3) is 22.4 Å². The van der Waals surface area contributed by atoms with Gasteiger partial charge in [-0.1, -0.05) is 75.4 Å². The van der Waals surface area contributed by atoms with Crippen LogP contribution in [0.3, 0.4) is 0 Å². The van der Waals surface area contributed by atoms with Crippen molar-refractivity contribution in [3.8, 4) is 22.4 Å². The number of nitrogens with one attached hydrogen (secondary N) is 1. The molecule has 3 aromatic rings. The van der Waals surface area contributed by atoms with Crippen molar-refractivity contribution in [1.82, 2.24) is 4.98 Å². The van der Waals surface area contributed by atoms with Gasteiger partial charge < -0.3 is 11.1 Å². The van der Waals surface area contributed by atoms with Crippen LogP contribution in [0.5, 0.6) is 0 Å². The Morgan fingerprint density at radius 3 is 2.11 bits per heavy atom. The summed E-state index contributed by atoms with van der Waals surface area (Å²) in [5, 5.41) is 3.09. The predicted octanol–water partition coefficient (Wildman–Crippen LogP) is 7.58. The van der Waals surface area contributed by atoms with Crippen molar-refractivity contribution >= 4 is 17.4 Å². The molecular weight excluding hydrogens is 470 g/mol. The van der Waals surface area contributed by atoms with E-state index in [1.807, 2.05) is 64.1 Å². The molecule has 0 spiro atoms. The minimum Gasteiger partial charge on any atom is -0.325 e. The SMILES string of the molecule is C[C@H](N)c1ccc(-c2ncc(NC(=O)CC3CCC(CC(=O)C(C)(C)C)CC3)cc2-c2ccccc2)cc1. The van der Waals surface area contributed by atoms with Crippen LogP contribution in [0.4, 0.5) is 5.69 Å². The second-order valence-corrected chi connectivity index (χ2v) is 11.9. The zero-order valence-electron chi connectivity index (χ0n) is 23.2. The summed E-state index contributed by atoms with van der Waals surface area (Å²) < 4.78 is 0. The van der Waals surface area contributed by atoms with Crippen molar-refractivity contribution < 1.29 is 9.59 Å². The molecule has 1 amide bonds. The highest BCUT2D eigenvalue weighted by Gasteiger charge is 2.28. The number of hydrogen-bond acceptors (Lipinski definition) is 4. The first-order valence-corrected chi connectivity index (χ1v) is 13.8. The maximum Gasteiger partial charge on any atom is 0.224 e. The molecule has 1 saturated carbocycles. The third-order valence-corrected chi connectivity index (χ3v) is 7.72. The number of pyridine rings is 1. The molecular formula is C33H41N3O2. The quantitative estimate of drug-likeness (QED) is 0.326. The number of anilines is 1. The Morgan fingerprint density at radius 2 is 1.53 bits per heavy atom. The summed E-state index contributed by atoms with van der Waals surface area (Å²) in [5.41, 5.74) is 11.4. The van der Waals surface area contributed by atoms with Crippen LogP contribution >= 0.6 is 0 Å². The molecule has 5 heteroatoms. The molecule has 0 saturated heterocycles. The molecule has 1 atom stereocenters. The number of nitrogens with zero attached hydrogens (tertiary/aromatic N) is 1. The molecule has 1 aromatic heterocycles. The van der Waals surface area contributed by atoms with Gasteiger partial charge in [0.1, 0.15) is 5.78 Å². The molecule has 0 radical (unpaired) electrons. The van der Waals surface area contributed by atoms with Gasteiger partial charge in [-0.3, -0.25) is 14.6 Å². The maximum atomic E-state index is 13.0. The van der Waals surface area contributed by atoms with Crippen LogP contribution < -0.4 is 11.1 Å². The normalized spacial score (nSPS) is 18.6. The van der Waals surface area contributed by atoms with Crippen molar-refractivity contribution in [2.24, 2.45) is 23.0 Å². The highest BCUT2D eigenvalue weighted by Crippen LogP contribution is 2.36. The molecule has 1 heterocycles. The lowest BCUT2D eigenvalue weighted by atomic mass is 9.76. The second-order valence-electron chi connectivity index (χ2n) is 11.9. The molecule has 1 aliphatic rings. The summed E-state index contributed by atoms with van der Waals surface area (Å²) in [7, 11) is 0. The van der Waals surface area contributed by atoms with E-state index in [1.165, 1.54) is 0 Å². The Kier molecular flexibility index (Phi) is 8.78. The van der Waals surface area contributed by atoms with Crippen molar-refractivity contribution in [3.63, 3.8) is 0 Å². The minimum atomic E-state index is -0.272. The van der Waals surface area contributed by atoms with Gasteiger partial charge in [0.05, 0.1) is 17.6 Å². The largest absolute Gasteiger partial charge is 0.325 e. The zero-order chi connectivity index (χ0) is 27.3. The first-order valence-electron chi connectivity index (χ1n) is 13.8. The van der Waals surface area contributed by atoms with E-state index in [2.05, 4.69) is 29.6 Å². The number of aromatic nitrogens is 1. The Bertz CT molecular complexity index is 1240. The molecule has 5 nitrogen and oxygen atoms in total. The maximum absolute atomic E-state index is 13.0. The molecule has 38 heavy (non-hydrogen) atoms. The van der Waals surface area contributed by atoms with Crippen molar-refractivity contribution in [3.05, 3.63) is 72.4 Å². The molecule has 1 aliphatic carbocycles. The number of ketones is 1. The molecule has 0 bridgehead atoms. The van der Waals surface area contributed by atoms with E-state index in [4.69, 9.17) is 10.7 Å². The summed E-state index contributed by atoms with van der Waals surface area (Å²) >= 11 is 0. The van der Waals surface area contributed by atoms with Gasteiger partial charge in [-0.15, -0.1) is 0 Å². The van der Waals surface area contributed by atoms with Gasteiger partial charge >= 0.3 is 0 Å². The number of carbonyl (C=O) groups is 2. The van der Waals surface area contributed by atoms with Crippen LogP contribution in [0.15, 0.2) is 66.9 Å². The van der Waals surface area contributed by atoms with E-state index in [9.17, 15) is 9.59 Å². The summed E-state index contributed by atoms with van der Waals surface area (Å²) in [5.74, 6) is 1.18. The van der Waals surface area contributed by atoms with Gasteiger partial charge in [-0.25, -0.2) is 0 Å². The highest BCUT2D eigenvalue weighted by atomic mass is 16.1. The molecule has 1 fully saturated rings. The van der Waals surface area contributed by atoms with Gasteiger partial charge in [-0.05, 0) is 61.6 Å². The molecule has 4 rings (SSSR count). The van der Waals surface area contributed by atoms with Crippen molar-refractivity contribution in [1.29, 1.82) is 0 Å². The van der Waals surface area contributed by atoms with Crippen LogP contribution in [-0.4, -0.2) is 16.7 Å². The first-order chi connectivity index (χ1) is 18.1. The standard InChI is InChI=1S/C33H41N3O2/c1-22(34)25-14-16-27(17-15-25)32-29(26-8-6-5-7-9-26)20-28(21-35-32)36-31(38)19-24-12-10-23(11-13-24)18-30(37)33(2,3)4/h5-9,14-17,20-24H,10-13,18-19,34H2,1-4H3,(H,36,38)/t22-,23?,24?/m0/s1. The van der Waals surface area contributed by atoms with E-state index >= 15 is 0 Å². The van der Waals surface area contributed by atoms with Gasteiger partial charge in [0.2, 0.25) is 5.91 Å². The van der Waals surface area contributed by atoms with Crippen molar-refractivity contribution in [2.75, 3.05) is 5.32 Å². The van der Waals surface area contributed by atoms with E-state index in [-0.39, 0.29) is 17.4 Å². The zero-order valence-corrected chi connectivity index (χ0v) is 23.2. The fourth-order valence-corrected chi connectivity index (χ4v) is 5.23. The third-order valence-electron chi connectivity index (χ3n) is 7.72. The number of hydrogen-bond donors (Lipinski definition) is 2. The van der Waals surface area contributed by atoms with E-state index in [0.29, 0.717) is 36.1 Å². The molecule has 2 aromatic carbocycles. The second kappa shape index (κ2) is 12.0. The van der Waals surface area contributed by atoms with E-state index in [1.54, 1.807) is 6.20 Å². The van der Waals surface area contributed by atoms with Gasteiger partial charge in [0, 0.05) is 35.4 Å². The van der Waals surface area contributed by atoms with Gasteiger partial charge in [0.25, 0.3) is 0 Å². The molecule has 200 valence electrons. The summed E-state index contributed by atoms with van der Waals surface area (Å²) in [6.45, 7) is 7.95. The van der Waals surface area contributed by atoms with Crippen LogP contribution in [0.1, 0.15) is 77.8 Å². The van der Waals surface area contributed by atoms with Crippen molar-refractivity contribution in [2.45, 2.75) is 72.3 Å². The smallest absolute Gasteiger partial charge is 0.224 e. The topological polar surface area (TPSA) is 85.1 Å². The Labute approximate surface area is 227 Å². The minimum absolute atomic E-state index is 0.0223. The molecule has 0 aliphatic heterocycles. The fourth-order valence-electron chi connectivity index (χ4n) is 5.23. The number of benzene rings is 2. The Morgan fingerprint density at radius 1 is 0.921 bits per heavy atom. The monoisotopic (exact) mass is 511 g/mol. The Hall–Kier alpha value is -3.31. The van der Waals surface area contributed by atoms with E-state index < -0.39 is 0 Å². The average molecular weight is 512 g/mol. The number of amides is 1. The Balaban J connectivity index is 1.43. The molecule has 3 N–H and O–H groups in total. The van der Waals surface area contributed by atoms with Crippen LogP contribution in [0.2, 0.25) is 0 Å². The fraction of sp³-hybridized carbons (Fsp3) is 0.424. The highest BCUT2D eigenvalue weighted by molar-refractivity contribution is 5.93. The van der Waals surface area contributed by atoms with Gasteiger partial charge in [0.15, 0.2) is 0 Å². The van der Waals surface area contributed by atoms with E-state index in [0.717, 1.165) is 53.6 Å². The lowest BCUT2D eigenvalue weighted by Gasteiger charge is -2.29. The van der Waals surface area contributed by atoms with Crippen LogP contribution in [-0.2, 0) is 9.59 Å². The lowest BCUT2D eigenvalue weighted by molar-refractivity contribution is -0.127. The number of Topliss-reactive ketones (excluding diaryl/α,β-unsaturated/α-hetero) is 1. The number of nitrogens with two attached hydrogens (primary N) is 1. The van der Waals surface area contributed by atoms with Gasteiger partial charge in [-0.2, -0.15) is 0 Å². The average Bonchev–Trinajstić information content (AvgIpc) is 2.90. The number of carbonyl (C=O) groups excluding carboxylic acids is 2. The summed E-state index contributed by atoms with van der Waals surface area (Å²) in [6.07, 6.45) is 6.95. The molecule has 0 unspecified atom stereocenters. The number of rotatable bonds is 8. The summed E-state index contributed by atoms with van der Waals surface area (Å²) in [6, 6.07) is 20.3. The van der Waals surface area contributed by atoms with Crippen LogP contribution in [0, 0.1) is 17.3 Å². The third kappa shape index (κ3) is 7.16.